The molecule has 3 aromatic rings. The summed E-state index contributed by atoms with van der Waals surface area (Å²) in [6.45, 7) is 3.74. The normalized spacial score (nSPS) is 18.8. The number of rotatable bonds is 3. The summed E-state index contributed by atoms with van der Waals surface area (Å²) in [6.07, 6.45) is 5.65. The fourth-order valence-electron chi connectivity index (χ4n) is 4.47. The molecule has 9 heteroatoms. The largest absolute Gasteiger partial charge is 0.368 e. The van der Waals surface area contributed by atoms with Crippen molar-refractivity contribution in [2.45, 2.75) is 37.8 Å². The van der Waals surface area contributed by atoms with Crippen molar-refractivity contribution in [1.82, 2.24) is 35.1 Å². The van der Waals surface area contributed by atoms with Gasteiger partial charge in [-0.2, -0.15) is 0 Å². The van der Waals surface area contributed by atoms with E-state index in [1.165, 1.54) is 11.0 Å². The molecule has 1 unspecified atom stereocenters. The Bertz CT molecular complexity index is 1030. The number of hydrogen-bond donors (Lipinski definition) is 0. The molecule has 1 amide bonds. The lowest BCUT2D eigenvalue weighted by molar-refractivity contribution is -0.143. The van der Waals surface area contributed by atoms with Crippen LogP contribution in [0, 0.1) is 6.92 Å². The average molecular weight is 405 g/mol. The predicted molar refractivity (Wildman–Crippen MR) is 106 cm³/mol. The van der Waals surface area contributed by atoms with Crippen LogP contribution in [0.5, 0.6) is 0 Å². The van der Waals surface area contributed by atoms with Gasteiger partial charge in [-0.1, -0.05) is 30.3 Å². The van der Waals surface area contributed by atoms with Crippen molar-refractivity contribution in [3.63, 3.8) is 0 Å². The van der Waals surface area contributed by atoms with Gasteiger partial charge in [0.15, 0.2) is 6.04 Å². The van der Waals surface area contributed by atoms with Gasteiger partial charge in [-0.3, -0.25) is 4.79 Å². The maximum Gasteiger partial charge on any atom is 0.252 e. The van der Waals surface area contributed by atoms with E-state index >= 15 is 0 Å². The van der Waals surface area contributed by atoms with E-state index < -0.39 is 11.6 Å². The van der Waals surface area contributed by atoms with Gasteiger partial charge >= 0.3 is 0 Å². The monoisotopic (exact) mass is 405 g/mol. The van der Waals surface area contributed by atoms with Crippen LogP contribution in [-0.4, -0.2) is 60.7 Å². The molecule has 0 aliphatic carbocycles. The number of likely N-dealkylation sites (tertiary alicyclic amines) is 1. The number of piperidine rings is 1. The highest BCUT2D eigenvalue weighted by Crippen LogP contribution is 2.40. The lowest BCUT2D eigenvalue weighted by atomic mass is 9.83. The van der Waals surface area contributed by atoms with Gasteiger partial charge < -0.3 is 9.64 Å². The summed E-state index contributed by atoms with van der Waals surface area (Å²) in [6, 6.07) is 9.03. The summed E-state index contributed by atoms with van der Waals surface area (Å²) in [5.74, 6) is 0.734. The summed E-state index contributed by atoms with van der Waals surface area (Å²) in [7, 11) is 0. The van der Waals surface area contributed by atoms with Crippen molar-refractivity contribution in [3.8, 4) is 0 Å². The van der Waals surface area contributed by atoms with Gasteiger partial charge in [0.2, 0.25) is 0 Å². The standard InChI is InChI=1S/C21H23N7O2/c1-15-22-13-17-7-12-30-21(19(17)24-15)8-10-27(11-9-21)20(29)18(28-14-23-25-26-28)16-5-3-2-4-6-16/h2-6,13-14,18H,7-12H2,1H3. The van der Waals surface area contributed by atoms with Crippen LogP contribution in [-0.2, 0) is 21.6 Å². The Balaban J connectivity index is 1.39. The third kappa shape index (κ3) is 3.24. The SMILES string of the molecule is Cc1ncc2c(n1)C1(CCN(C(=O)C(c3ccccc3)n3cnnn3)CC1)OCC2. The molecule has 5 rings (SSSR count). The molecule has 2 aromatic heterocycles. The van der Waals surface area contributed by atoms with Crippen LogP contribution >= 0.6 is 0 Å². The van der Waals surface area contributed by atoms with E-state index in [0.717, 1.165) is 29.1 Å². The zero-order valence-corrected chi connectivity index (χ0v) is 16.8. The zero-order valence-electron chi connectivity index (χ0n) is 16.8. The summed E-state index contributed by atoms with van der Waals surface area (Å²) in [5, 5.41) is 11.4. The van der Waals surface area contributed by atoms with E-state index in [2.05, 4.69) is 20.5 Å². The molecule has 0 saturated carbocycles. The Labute approximate surface area is 174 Å². The molecule has 0 bridgehead atoms. The van der Waals surface area contributed by atoms with Crippen LogP contribution in [0.1, 0.15) is 41.5 Å². The lowest BCUT2D eigenvalue weighted by Gasteiger charge is -2.44. The number of amides is 1. The Morgan fingerprint density at radius 2 is 2.00 bits per heavy atom. The first-order valence-corrected chi connectivity index (χ1v) is 10.2. The quantitative estimate of drug-likeness (QED) is 0.650. The average Bonchev–Trinajstić information content (AvgIpc) is 3.30. The second-order valence-electron chi connectivity index (χ2n) is 7.81. The van der Waals surface area contributed by atoms with Crippen molar-refractivity contribution >= 4 is 5.91 Å². The van der Waals surface area contributed by atoms with E-state index in [1.807, 2.05) is 48.4 Å². The molecule has 1 atom stereocenters. The third-order valence-electron chi connectivity index (χ3n) is 6.03. The maximum absolute atomic E-state index is 13.5. The number of aromatic nitrogens is 6. The molecule has 2 aliphatic rings. The van der Waals surface area contributed by atoms with Gasteiger partial charge in [0.1, 0.15) is 17.8 Å². The highest BCUT2D eigenvalue weighted by molar-refractivity contribution is 5.83. The van der Waals surface area contributed by atoms with Gasteiger partial charge in [0, 0.05) is 19.3 Å². The van der Waals surface area contributed by atoms with Gasteiger partial charge in [-0.25, -0.2) is 14.6 Å². The smallest absolute Gasteiger partial charge is 0.252 e. The van der Waals surface area contributed by atoms with Gasteiger partial charge in [-0.15, -0.1) is 5.10 Å². The van der Waals surface area contributed by atoms with E-state index in [9.17, 15) is 4.79 Å². The van der Waals surface area contributed by atoms with Crippen LogP contribution < -0.4 is 0 Å². The maximum atomic E-state index is 13.5. The minimum absolute atomic E-state index is 0.0155. The van der Waals surface area contributed by atoms with Crippen molar-refractivity contribution in [3.05, 3.63) is 65.5 Å². The molecule has 1 aromatic carbocycles. The molecule has 1 saturated heterocycles. The molecule has 1 spiro atoms. The lowest BCUT2D eigenvalue weighted by Crippen LogP contribution is -2.50. The highest BCUT2D eigenvalue weighted by atomic mass is 16.5. The number of benzene rings is 1. The number of ether oxygens (including phenoxy) is 1. The van der Waals surface area contributed by atoms with E-state index in [0.29, 0.717) is 32.5 Å². The molecule has 0 radical (unpaired) electrons. The van der Waals surface area contributed by atoms with Crippen molar-refractivity contribution in [2.24, 2.45) is 0 Å². The number of aryl methyl sites for hydroxylation is 1. The molecule has 0 N–H and O–H groups in total. The molecular formula is C21H23N7O2. The van der Waals surface area contributed by atoms with Crippen LogP contribution in [0.15, 0.2) is 42.9 Å². The molecule has 30 heavy (non-hydrogen) atoms. The van der Waals surface area contributed by atoms with Gasteiger partial charge in [0.05, 0.1) is 12.3 Å². The summed E-state index contributed by atoms with van der Waals surface area (Å²) in [4.78, 5) is 24.5. The molecule has 9 nitrogen and oxygen atoms in total. The second-order valence-corrected chi connectivity index (χ2v) is 7.81. The first kappa shape index (κ1) is 18.8. The van der Waals surface area contributed by atoms with Crippen molar-refractivity contribution in [2.75, 3.05) is 19.7 Å². The van der Waals surface area contributed by atoms with Gasteiger partial charge in [0.25, 0.3) is 5.91 Å². The summed E-state index contributed by atoms with van der Waals surface area (Å²) >= 11 is 0. The molecule has 154 valence electrons. The van der Waals surface area contributed by atoms with E-state index in [4.69, 9.17) is 9.72 Å². The predicted octanol–water partition coefficient (Wildman–Crippen LogP) is 1.45. The number of tetrazole rings is 1. The molecular weight excluding hydrogens is 382 g/mol. The number of carbonyl (C=O) groups is 1. The van der Waals surface area contributed by atoms with Crippen LogP contribution in [0.4, 0.5) is 0 Å². The number of nitrogens with zero attached hydrogens (tertiary/aromatic N) is 7. The minimum Gasteiger partial charge on any atom is -0.368 e. The molecule has 2 aliphatic heterocycles. The number of fused-ring (bicyclic) bond motifs is 2. The third-order valence-corrected chi connectivity index (χ3v) is 6.03. The van der Waals surface area contributed by atoms with Crippen molar-refractivity contribution in [1.29, 1.82) is 0 Å². The van der Waals surface area contributed by atoms with Crippen LogP contribution in [0.2, 0.25) is 0 Å². The molecule has 4 heterocycles. The number of carbonyl (C=O) groups excluding carboxylic acids is 1. The Morgan fingerprint density at radius 3 is 2.73 bits per heavy atom. The molecule has 1 fully saturated rings. The summed E-state index contributed by atoms with van der Waals surface area (Å²) in [5.41, 5.74) is 2.57. The van der Waals surface area contributed by atoms with E-state index in [-0.39, 0.29) is 5.91 Å². The fraction of sp³-hybridized carbons (Fsp3) is 0.429. The van der Waals surface area contributed by atoms with Crippen molar-refractivity contribution < 1.29 is 9.53 Å². The first-order chi connectivity index (χ1) is 14.7. The minimum atomic E-state index is -0.584. The van der Waals surface area contributed by atoms with E-state index in [1.54, 1.807) is 0 Å². The first-order valence-electron chi connectivity index (χ1n) is 10.2. The summed E-state index contributed by atoms with van der Waals surface area (Å²) < 4.78 is 7.79. The Hall–Kier alpha value is -3.20. The van der Waals surface area contributed by atoms with Gasteiger partial charge in [-0.05, 0) is 47.7 Å². The van der Waals surface area contributed by atoms with Crippen LogP contribution in [0.3, 0.4) is 0 Å². The fourth-order valence-corrected chi connectivity index (χ4v) is 4.47. The Kier molecular flexibility index (Phi) is 4.74. The van der Waals surface area contributed by atoms with Crippen LogP contribution in [0.25, 0.3) is 0 Å². The Morgan fingerprint density at radius 1 is 1.20 bits per heavy atom. The zero-order chi connectivity index (χ0) is 20.6. The number of hydrogen-bond acceptors (Lipinski definition) is 7. The second kappa shape index (κ2) is 7.56. The topological polar surface area (TPSA) is 98.9 Å². The highest BCUT2D eigenvalue weighted by Gasteiger charge is 2.44.